The van der Waals surface area contributed by atoms with E-state index in [1.807, 2.05) is 23.1 Å². The molecular formula is C22H20N6O3. The van der Waals surface area contributed by atoms with Crippen LogP contribution in [-0.4, -0.2) is 49.0 Å². The highest BCUT2D eigenvalue weighted by Crippen LogP contribution is 2.24. The molecule has 1 amide bonds. The number of nitrogens with one attached hydrogen (secondary N) is 1. The molecule has 1 aliphatic heterocycles. The number of carbonyl (C=O) groups excluding carboxylic acids is 1. The number of carbonyl (C=O) groups is 1. The maximum absolute atomic E-state index is 13.3. The van der Waals surface area contributed by atoms with Gasteiger partial charge in [-0.3, -0.25) is 14.6 Å². The van der Waals surface area contributed by atoms with Crippen molar-refractivity contribution < 1.29 is 9.32 Å². The summed E-state index contributed by atoms with van der Waals surface area (Å²) in [5, 5.41) is 4.74. The quantitative estimate of drug-likeness (QED) is 0.543. The van der Waals surface area contributed by atoms with Gasteiger partial charge in [0, 0.05) is 48.9 Å². The monoisotopic (exact) mass is 416 g/mol. The number of benzene rings is 1. The number of fused-ring (bicyclic) bond motifs is 1. The molecule has 3 aromatic heterocycles. The smallest absolute Gasteiger partial charge is 0.254 e. The lowest BCUT2D eigenvalue weighted by Crippen LogP contribution is -2.41. The molecule has 31 heavy (non-hydrogen) atoms. The third-order valence-corrected chi connectivity index (χ3v) is 5.51. The number of hydrogen-bond acceptors (Lipinski definition) is 7. The van der Waals surface area contributed by atoms with Crippen molar-refractivity contribution in [2.45, 2.75) is 19.3 Å². The first-order valence-electron chi connectivity index (χ1n) is 10.2. The van der Waals surface area contributed by atoms with Crippen molar-refractivity contribution in [2.24, 2.45) is 5.92 Å². The highest BCUT2D eigenvalue weighted by molar-refractivity contribution is 6.05. The predicted octanol–water partition coefficient (Wildman–Crippen LogP) is 2.46. The van der Waals surface area contributed by atoms with Crippen molar-refractivity contribution in [3.63, 3.8) is 0 Å². The number of amides is 1. The van der Waals surface area contributed by atoms with Gasteiger partial charge in [-0.15, -0.1) is 0 Å². The van der Waals surface area contributed by atoms with E-state index < -0.39 is 0 Å². The second-order valence-corrected chi connectivity index (χ2v) is 7.66. The van der Waals surface area contributed by atoms with Gasteiger partial charge in [0.15, 0.2) is 0 Å². The number of pyridine rings is 1. The molecule has 1 unspecified atom stereocenters. The summed E-state index contributed by atoms with van der Waals surface area (Å²) in [6, 6.07) is 8.74. The topological polar surface area (TPSA) is 118 Å². The van der Waals surface area contributed by atoms with Crippen LogP contribution < -0.4 is 5.56 Å². The van der Waals surface area contributed by atoms with Gasteiger partial charge in [0.25, 0.3) is 5.91 Å². The fourth-order valence-electron chi connectivity index (χ4n) is 4.07. The SMILES string of the molecule is O=C(c1cc(=O)[nH]c2ccccc12)N1CCCC(Cc2nc(-c3cnccn3)no2)C1. The number of nitrogens with zero attached hydrogens (tertiary/aromatic N) is 5. The van der Waals surface area contributed by atoms with Gasteiger partial charge in [-0.05, 0) is 24.8 Å². The summed E-state index contributed by atoms with van der Waals surface area (Å²) in [5.41, 5.74) is 1.37. The number of likely N-dealkylation sites (tertiary alicyclic amines) is 1. The largest absolute Gasteiger partial charge is 0.339 e. The average molecular weight is 416 g/mol. The van der Waals surface area contributed by atoms with Gasteiger partial charge in [-0.1, -0.05) is 23.4 Å². The minimum Gasteiger partial charge on any atom is -0.339 e. The van der Waals surface area contributed by atoms with Gasteiger partial charge in [0.1, 0.15) is 5.69 Å². The number of aromatic nitrogens is 5. The second kappa shape index (κ2) is 8.10. The Labute approximate surface area is 177 Å². The van der Waals surface area contributed by atoms with Crippen molar-refractivity contribution in [2.75, 3.05) is 13.1 Å². The van der Waals surface area contributed by atoms with E-state index in [0.29, 0.717) is 48.0 Å². The normalized spacial score (nSPS) is 16.5. The lowest BCUT2D eigenvalue weighted by atomic mass is 9.94. The molecule has 0 radical (unpaired) electrons. The van der Waals surface area contributed by atoms with E-state index in [-0.39, 0.29) is 17.4 Å². The van der Waals surface area contributed by atoms with Crippen LogP contribution in [0.25, 0.3) is 22.4 Å². The third kappa shape index (κ3) is 3.94. The van der Waals surface area contributed by atoms with Crippen molar-refractivity contribution >= 4 is 16.8 Å². The number of H-pyrrole nitrogens is 1. The number of aromatic amines is 1. The first-order chi connectivity index (χ1) is 15.2. The highest BCUT2D eigenvalue weighted by atomic mass is 16.5. The Kier molecular flexibility index (Phi) is 4.99. The van der Waals surface area contributed by atoms with E-state index in [0.717, 1.165) is 18.2 Å². The Hall–Kier alpha value is -3.88. The Morgan fingerprint density at radius 2 is 2.16 bits per heavy atom. The molecular weight excluding hydrogens is 396 g/mol. The van der Waals surface area contributed by atoms with Crippen LogP contribution in [-0.2, 0) is 6.42 Å². The number of para-hydroxylation sites is 1. The van der Waals surface area contributed by atoms with Gasteiger partial charge < -0.3 is 14.4 Å². The maximum atomic E-state index is 13.3. The van der Waals surface area contributed by atoms with Crippen LogP contribution >= 0.6 is 0 Å². The molecule has 1 saturated heterocycles. The summed E-state index contributed by atoms with van der Waals surface area (Å²) < 4.78 is 5.40. The van der Waals surface area contributed by atoms with Crippen LogP contribution in [0.2, 0.25) is 0 Å². The van der Waals surface area contributed by atoms with Crippen molar-refractivity contribution in [1.82, 2.24) is 30.0 Å². The average Bonchev–Trinajstić information content (AvgIpc) is 3.27. The van der Waals surface area contributed by atoms with E-state index in [9.17, 15) is 9.59 Å². The van der Waals surface area contributed by atoms with Crippen LogP contribution in [0, 0.1) is 5.92 Å². The van der Waals surface area contributed by atoms with Crippen LogP contribution in [0.4, 0.5) is 0 Å². The van der Waals surface area contributed by atoms with E-state index >= 15 is 0 Å². The van der Waals surface area contributed by atoms with E-state index in [2.05, 4.69) is 25.1 Å². The lowest BCUT2D eigenvalue weighted by molar-refractivity contribution is 0.0670. The number of rotatable bonds is 4. The van der Waals surface area contributed by atoms with Crippen LogP contribution in [0.1, 0.15) is 29.1 Å². The number of hydrogen-bond donors (Lipinski definition) is 1. The molecule has 4 aromatic rings. The summed E-state index contributed by atoms with van der Waals surface area (Å²) >= 11 is 0. The van der Waals surface area contributed by atoms with Crippen LogP contribution in [0.5, 0.6) is 0 Å². The molecule has 1 fully saturated rings. The molecule has 1 atom stereocenters. The molecule has 1 aliphatic rings. The molecule has 1 N–H and O–H groups in total. The van der Waals surface area contributed by atoms with Crippen molar-refractivity contribution in [1.29, 1.82) is 0 Å². The second-order valence-electron chi connectivity index (χ2n) is 7.66. The molecule has 4 heterocycles. The molecule has 5 rings (SSSR count). The van der Waals surface area contributed by atoms with Gasteiger partial charge in [-0.2, -0.15) is 4.98 Å². The van der Waals surface area contributed by atoms with E-state index in [1.54, 1.807) is 24.7 Å². The minimum absolute atomic E-state index is 0.127. The fraction of sp³-hybridized carbons (Fsp3) is 0.273. The standard InChI is InChI=1S/C22H20N6O3/c29-19-11-16(15-5-1-2-6-17(15)25-19)22(30)28-9-3-4-14(13-28)10-20-26-21(27-31-20)18-12-23-7-8-24-18/h1-2,5-8,11-12,14H,3-4,9-10,13H2,(H,25,29). The summed E-state index contributed by atoms with van der Waals surface area (Å²) in [6.45, 7) is 1.23. The summed E-state index contributed by atoms with van der Waals surface area (Å²) in [7, 11) is 0. The van der Waals surface area contributed by atoms with Crippen LogP contribution in [0.3, 0.4) is 0 Å². The molecule has 9 heteroatoms. The Morgan fingerprint density at radius 3 is 3.03 bits per heavy atom. The van der Waals surface area contributed by atoms with Gasteiger partial charge in [0.2, 0.25) is 17.3 Å². The Balaban J connectivity index is 1.33. The molecule has 1 aromatic carbocycles. The highest BCUT2D eigenvalue weighted by Gasteiger charge is 2.27. The van der Waals surface area contributed by atoms with Gasteiger partial charge in [-0.25, -0.2) is 4.98 Å². The van der Waals surface area contributed by atoms with Gasteiger partial charge >= 0.3 is 0 Å². The maximum Gasteiger partial charge on any atom is 0.254 e. The van der Waals surface area contributed by atoms with Crippen molar-refractivity contribution in [3.05, 3.63) is 70.7 Å². The molecule has 0 aliphatic carbocycles. The molecule has 0 bridgehead atoms. The summed E-state index contributed by atoms with van der Waals surface area (Å²) in [5.74, 6) is 0.988. The molecule has 0 spiro atoms. The minimum atomic E-state index is -0.280. The first kappa shape index (κ1) is 19.1. The van der Waals surface area contributed by atoms with Crippen LogP contribution in [0.15, 0.2) is 58.2 Å². The zero-order valence-electron chi connectivity index (χ0n) is 16.7. The summed E-state index contributed by atoms with van der Waals surface area (Å²) in [6.07, 6.45) is 7.16. The molecule has 156 valence electrons. The predicted molar refractivity (Wildman–Crippen MR) is 112 cm³/mol. The van der Waals surface area contributed by atoms with E-state index in [4.69, 9.17) is 4.52 Å². The Morgan fingerprint density at radius 1 is 1.26 bits per heavy atom. The zero-order valence-corrected chi connectivity index (χ0v) is 16.7. The van der Waals surface area contributed by atoms with Crippen molar-refractivity contribution in [3.8, 4) is 11.5 Å². The first-order valence-corrected chi connectivity index (χ1v) is 10.2. The van der Waals surface area contributed by atoms with Gasteiger partial charge in [0.05, 0.1) is 11.8 Å². The summed E-state index contributed by atoms with van der Waals surface area (Å²) in [4.78, 5) is 42.5. The number of piperidine rings is 1. The van der Waals surface area contributed by atoms with E-state index in [1.165, 1.54) is 6.07 Å². The molecule has 9 nitrogen and oxygen atoms in total. The Bertz CT molecular complexity index is 1280. The fourth-order valence-corrected chi connectivity index (χ4v) is 4.07. The lowest BCUT2D eigenvalue weighted by Gasteiger charge is -2.32. The molecule has 0 saturated carbocycles. The third-order valence-electron chi connectivity index (χ3n) is 5.51. The zero-order chi connectivity index (χ0) is 21.2.